The van der Waals surface area contributed by atoms with Gasteiger partial charge in [-0.25, -0.2) is 0 Å². The summed E-state index contributed by atoms with van der Waals surface area (Å²) < 4.78 is 0.759. The minimum atomic E-state index is -0.661. The van der Waals surface area contributed by atoms with E-state index in [1.165, 1.54) is 0 Å². The van der Waals surface area contributed by atoms with E-state index < -0.39 is 11.3 Å². The number of nitrogens with one attached hydrogen (secondary N) is 1. The van der Waals surface area contributed by atoms with Crippen molar-refractivity contribution in [2.75, 3.05) is 0 Å². The number of aromatic hydroxyl groups is 1. The molecule has 76 valence electrons. The average Bonchev–Trinajstić information content (AvgIpc) is 2.29. The maximum atomic E-state index is 11.6. The van der Waals surface area contributed by atoms with Gasteiger partial charge in [0, 0.05) is 15.0 Å². The lowest BCUT2D eigenvalue weighted by atomic mass is 10.2. The van der Waals surface area contributed by atoms with Gasteiger partial charge in [0.05, 0.1) is 5.52 Å². The molecule has 0 amide bonds. The van der Waals surface area contributed by atoms with Crippen LogP contribution in [0.5, 0.6) is 5.75 Å². The highest BCUT2D eigenvalue weighted by molar-refractivity contribution is 14.1. The summed E-state index contributed by atoms with van der Waals surface area (Å²) in [5, 5.41) is 9.61. The monoisotopic (exact) mass is 315 g/mol. The summed E-state index contributed by atoms with van der Waals surface area (Å²) in [7, 11) is 0. The van der Waals surface area contributed by atoms with Crippen molar-refractivity contribution in [1.29, 1.82) is 0 Å². The van der Waals surface area contributed by atoms with Crippen LogP contribution in [0.25, 0.3) is 10.9 Å². The van der Waals surface area contributed by atoms with Gasteiger partial charge < -0.3 is 10.1 Å². The van der Waals surface area contributed by atoms with Crippen molar-refractivity contribution in [3.63, 3.8) is 0 Å². The quantitative estimate of drug-likeness (QED) is 0.718. The van der Waals surface area contributed by atoms with Gasteiger partial charge in [-0.05, 0) is 34.7 Å². The molecule has 0 aliphatic heterocycles. The Balaban J connectivity index is 3.17. The maximum absolute atomic E-state index is 11.6. The second kappa shape index (κ2) is 3.65. The van der Waals surface area contributed by atoms with Crippen molar-refractivity contribution in [3.8, 4) is 5.75 Å². The number of fused-ring (bicyclic) bond motifs is 1. The predicted molar refractivity (Wildman–Crippen MR) is 65.2 cm³/mol. The van der Waals surface area contributed by atoms with Crippen LogP contribution in [0.1, 0.15) is 0 Å². The van der Waals surface area contributed by atoms with Crippen molar-refractivity contribution >= 4 is 33.5 Å². The number of halogens is 1. The normalized spacial score (nSPS) is 10.5. The molecule has 15 heavy (non-hydrogen) atoms. The minimum Gasteiger partial charge on any atom is -0.503 e. The number of hydrogen-bond acceptors (Lipinski definition) is 3. The van der Waals surface area contributed by atoms with Gasteiger partial charge >= 0.3 is 0 Å². The van der Waals surface area contributed by atoms with E-state index in [9.17, 15) is 14.7 Å². The van der Waals surface area contributed by atoms with Crippen LogP contribution in [0.4, 0.5) is 0 Å². The zero-order chi connectivity index (χ0) is 11.0. The fraction of sp³-hybridized carbons (Fsp3) is 0. The molecule has 0 spiro atoms. The second-order valence-corrected chi connectivity index (χ2v) is 4.17. The van der Waals surface area contributed by atoms with E-state index >= 15 is 0 Å². The minimum absolute atomic E-state index is 0.376. The number of H-pyrrole nitrogens is 1. The Labute approximate surface area is 97.7 Å². The number of benzene rings is 1. The van der Waals surface area contributed by atoms with Crippen molar-refractivity contribution < 1.29 is 5.11 Å². The first-order valence-electron chi connectivity index (χ1n) is 4.14. The molecule has 2 aromatic rings. The number of para-hydroxylation sites is 1. The van der Waals surface area contributed by atoms with Gasteiger partial charge in [0.2, 0.25) is 0 Å². The van der Waals surface area contributed by atoms with Crippen molar-refractivity contribution in [2.45, 2.75) is 0 Å². The molecule has 1 heterocycles. The molecule has 1 aromatic heterocycles. The fourth-order valence-electron chi connectivity index (χ4n) is 1.30. The number of hydrogen-bond donors (Lipinski definition) is 2. The zero-order valence-electron chi connectivity index (χ0n) is 7.45. The van der Waals surface area contributed by atoms with E-state index in [0.29, 0.717) is 10.9 Å². The third-order valence-electron chi connectivity index (χ3n) is 2.02. The summed E-state index contributed by atoms with van der Waals surface area (Å²) in [5.41, 5.74) is -0.584. The molecule has 0 unspecified atom stereocenters. The van der Waals surface area contributed by atoms with Crippen LogP contribution in [0.3, 0.4) is 0 Å². The van der Waals surface area contributed by atoms with E-state index in [4.69, 9.17) is 0 Å². The fourth-order valence-corrected chi connectivity index (χ4v) is 1.93. The highest BCUT2D eigenvalue weighted by Gasteiger charge is 2.04. The molecule has 4 nitrogen and oxygen atoms in total. The van der Waals surface area contributed by atoms with Gasteiger partial charge in [-0.15, -0.1) is 0 Å². The van der Waals surface area contributed by atoms with Crippen LogP contribution in [-0.2, 0) is 0 Å². The second-order valence-electron chi connectivity index (χ2n) is 3.01. The molecule has 5 heteroatoms. The lowest BCUT2D eigenvalue weighted by Crippen LogP contribution is -2.00. The van der Waals surface area contributed by atoms with Gasteiger partial charge in [0.15, 0.2) is 11.2 Å². The molecule has 0 aliphatic rings. The third-order valence-corrected chi connectivity index (χ3v) is 2.92. The largest absolute Gasteiger partial charge is 0.503 e. The molecular formula is C10H6INO3. The number of rotatable bonds is 0. The smallest absolute Gasteiger partial charge is 0.290 e. The van der Waals surface area contributed by atoms with Crippen LogP contribution in [-0.4, -0.2) is 10.1 Å². The first-order chi connectivity index (χ1) is 7.09. The summed E-state index contributed by atoms with van der Waals surface area (Å²) >= 11 is 2.02. The topological polar surface area (TPSA) is 70.2 Å². The van der Waals surface area contributed by atoms with Gasteiger partial charge in [0.25, 0.3) is 5.56 Å². The summed E-state index contributed by atoms with van der Waals surface area (Å²) in [6.45, 7) is 0. The van der Waals surface area contributed by atoms with Gasteiger partial charge in [-0.2, -0.15) is 0 Å². The standard InChI is InChI=1S/C10H6INO3/c11-6-3-1-2-5-7(13)4-8(14)10(15)12-9(5)6/h1-4,14H,(H,12,15). The number of aromatic nitrogens is 1. The Morgan fingerprint density at radius 3 is 2.73 bits per heavy atom. The summed E-state index contributed by atoms with van der Waals surface area (Å²) in [4.78, 5) is 25.4. The Bertz CT molecular complexity index is 648. The molecule has 0 aliphatic carbocycles. The average molecular weight is 315 g/mol. The molecule has 2 rings (SSSR count). The van der Waals surface area contributed by atoms with Crippen LogP contribution < -0.4 is 11.0 Å². The summed E-state index contributed by atoms with van der Waals surface area (Å²) in [5.74, 6) is -0.563. The summed E-state index contributed by atoms with van der Waals surface area (Å²) in [6.07, 6.45) is 0. The maximum Gasteiger partial charge on any atom is 0.290 e. The Morgan fingerprint density at radius 1 is 1.27 bits per heavy atom. The van der Waals surface area contributed by atoms with E-state index in [1.54, 1.807) is 18.2 Å². The Hall–Kier alpha value is -1.37. The van der Waals surface area contributed by atoms with E-state index in [0.717, 1.165) is 9.64 Å². The van der Waals surface area contributed by atoms with E-state index in [2.05, 4.69) is 4.98 Å². The molecule has 0 saturated heterocycles. The number of aromatic amines is 1. The Morgan fingerprint density at radius 2 is 2.00 bits per heavy atom. The Kier molecular flexibility index (Phi) is 2.47. The predicted octanol–water partition coefficient (Wildman–Crippen LogP) is 1.20. The van der Waals surface area contributed by atoms with E-state index in [1.807, 2.05) is 22.6 Å². The SMILES string of the molecule is O=c1[nH]c2c(I)cccc2c(=O)cc1O. The van der Waals surface area contributed by atoms with Crippen LogP contribution in [0.2, 0.25) is 0 Å². The molecule has 0 saturated carbocycles. The third kappa shape index (κ3) is 1.74. The first kappa shape index (κ1) is 10.2. The molecule has 0 radical (unpaired) electrons. The van der Waals surface area contributed by atoms with Crippen LogP contribution in [0, 0.1) is 3.57 Å². The van der Waals surface area contributed by atoms with Gasteiger partial charge in [-0.1, -0.05) is 6.07 Å². The highest BCUT2D eigenvalue weighted by Crippen LogP contribution is 2.14. The van der Waals surface area contributed by atoms with Crippen LogP contribution in [0.15, 0.2) is 33.9 Å². The van der Waals surface area contributed by atoms with Gasteiger partial charge in [-0.3, -0.25) is 9.59 Å². The van der Waals surface area contributed by atoms with Crippen LogP contribution >= 0.6 is 22.6 Å². The molecule has 0 bridgehead atoms. The molecule has 1 aromatic carbocycles. The lowest BCUT2D eigenvalue weighted by Gasteiger charge is -1.93. The van der Waals surface area contributed by atoms with Crippen molar-refractivity contribution in [1.82, 2.24) is 4.98 Å². The molecule has 2 N–H and O–H groups in total. The molecule has 0 atom stereocenters. The van der Waals surface area contributed by atoms with E-state index in [-0.39, 0.29) is 5.43 Å². The van der Waals surface area contributed by atoms with Gasteiger partial charge in [0.1, 0.15) is 0 Å². The molecule has 0 fully saturated rings. The first-order valence-corrected chi connectivity index (χ1v) is 5.22. The van der Waals surface area contributed by atoms with Crippen molar-refractivity contribution in [2.24, 2.45) is 0 Å². The zero-order valence-corrected chi connectivity index (χ0v) is 9.61. The lowest BCUT2D eigenvalue weighted by molar-refractivity contribution is 0.468. The summed E-state index contributed by atoms with van der Waals surface area (Å²) in [6, 6.07) is 6.03. The van der Waals surface area contributed by atoms with Crippen molar-refractivity contribution in [3.05, 3.63) is 48.4 Å². The molecular weight excluding hydrogens is 309 g/mol. The highest BCUT2D eigenvalue weighted by atomic mass is 127.